The zero-order chi connectivity index (χ0) is 17.9. The van der Waals surface area contributed by atoms with Crippen LogP contribution in [0.2, 0.25) is 0 Å². The van der Waals surface area contributed by atoms with Crippen LogP contribution in [0.25, 0.3) is 10.8 Å². The lowest BCUT2D eigenvalue weighted by molar-refractivity contribution is -0.148. The molecule has 2 aromatic rings. The van der Waals surface area contributed by atoms with Crippen molar-refractivity contribution in [2.24, 2.45) is 0 Å². The number of carbonyl (C=O) groups is 2. The Bertz CT molecular complexity index is 750. The van der Waals surface area contributed by atoms with Gasteiger partial charge in [0, 0.05) is 0 Å². The summed E-state index contributed by atoms with van der Waals surface area (Å²) in [5, 5.41) is 23.4. The van der Waals surface area contributed by atoms with Gasteiger partial charge in [-0.25, -0.2) is 9.59 Å². The maximum Gasteiger partial charge on any atom is 0.408 e. The van der Waals surface area contributed by atoms with Crippen molar-refractivity contribution >= 4 is 22.8 Å². The highest BCUT2D eigenvalue weighted by molar-refractivity contribution is 5.84. The van der Waals surface area contributed by atoms with Crippen LogP contribution in [0.5, 0.6) is 0 Å². The van der Waals surface area contributed by atoms with Gasteiger partial charge in [0.2, 0.25) is 0 Å². The molecule has 0 aliphatic heterocycles. The first-order chi connectivity index (χ1) is 11.2. The Labute approximate surface area is 140 Å². The summed E-state index contributed by atoms with van der Waals surface area (Å²) >= 11 is 0. The van der Waals surface area contributed by atoms with E-state index in [9.17, 15) is 14.7 Å². The highest BCUT2D eigenvalue weighted by atomic mass is 16.6. The van der Waals surface area contributed by atoms with Crippen LogP contribution in [0.4, 0.5) is 4.79 Å². The molecule has 6 heteroatoms. The molecular formula is C18H21NO5. The zero-order valence-electron chi connectivity index (χ0n) is 13.8. The zero-order valence-corrected chi connectivity index (χ0v) is 13.8. The number of carboxylic acids is 1. The second kappa shape index (κ2) is 6.88. The van der Waals surface area contributed by atoms with Gasteiger partial charge in [-0.3, -0.25) is 0 Å². The number of aliphatic hydroxyl groups excluding tert-OH is 1. The van der Waals surface area contributed by atoms with Gasteiger partial charge in [-0.1, -0.05) is 36.4 Å². The number of hydrogen-bond donors (Lipinski definition) is 3. The van der Waals surface area contributed by atoms with Crippen LogP contribution in [-0.2, 0) is 9.53 Å². The summed E-state index contributed by atoms with van der Waals surface area (Å²) in [7, 11) is 0. The minimum atomic E-state index is -1.79. The predicted molar refractivity (Wildman–Crippen MR) is 89.7 cm³/mol. The molecule has 2 unspecified atom stereocenters. The van der Waals surface area contributed by atoms with Crippen LogP contribution >= 0.6 is 0 Å². The molecule has 2 atom stereocenters. The Morgan fingerprint density at radius 2 is 1.71 bits per heavy atom. The van der Waals surface area contributed by atoms with E-state index in [0.717, 1.165) is 10.8 Å². The summed E-state index contributed by atoms with van der Waals surface area (Å²) in [6.45, 7) is 5.10. The summed E-state index contributed by atoms with van der Waals surface area (Å²) < 4.78 is 5.15. The Morgan fingerprint density at radius 1 is 1.08 bits per heavy atom. The Hall–Kier alpha value is -2.60. The van der Waals surface area contributed by atoms with Crippen molar-refractivity contribution in [1.82, 2.24) is 5.32 Å². The number of benzene rings is 2. The lowest BCUT2D eigenvalue weighted by atomic mass is 9.98. The van der Waals surface area contributed by atoms with Gasteiger partial charge in [0.25, 0.3) is 0 Å². The summed E-state index contributed by atoms with van der Waals surface area (Å²) in [5.74, 6) is -1.43. The first kappa shape index (κ1) is 17.7. The Morgan fingerprint density at radius 3 is 2.29 bits per heavy atom. The summed E-state index contributed by atoms with van der Waals surface area (Å²) in [5.41, 5.74) is -0.249. The minimum absolute atomic E-state index is 0.481. The molecule has 0 heterocycles. The first-order valence-electron chi connectivity index (χ1n) is 7.56. The van der Waals surface area contributed by atoms with Gasteiger partial charge < -0.3 is 20.3 Å². The molecule has 0 aliphatic rings. The number of nitrogens with one attached hydrogen (secondary N) is 1. The molecular weight excluding hydrogens is 310 g/mol. The van der Waals surface area contributed by atoms with Gasteiger partial charge >= 0.3 is 12.1 Å². The second-order valence-electron chi connectivity index (χ2n) is 6.51. The third-order valence-corrected chi connectivity index (χ3v) is 3.37. The van der Waals surface area contributed by atoms with Crippen LogP contribution < -0.4 is 5.32 Å². The topological polar surface area (TPSA) is 95.9 Å². The number of aliphatic carboxylic acids is 1. The standard InChI is InChI=1S/C18H21NO5/c1-18(2,3)24-17(23)19-14(15(20)16(21)22)13-9-8-11-6-4-5-7-12(11)10-13/h4-10,14-15,20H,1-3H3,(H,19,23)(H,21,22). The SMILES string of the molecule is CC(C)(C)OC(=O)NC(c1ccc2ccccc2c1)C(O)C(=O)O. The van der Waals surface area contributed by atoms with Crippen molar-refractivity contribution < 1.29 is 24.5 Å². The van der Waals surface area contributed by atoms with E-state index in [0.29, 0.717) is 5.56 Å². The molecule has 128 valence electrons. The van der Waals surface area contributed by atoms with Crippen LogP contribution in [-0.4, -0.2) is 34.0 Å². The molecule has 3 N–H and O–H groups in total. The number of carboxylic acid groups (broad SMARTS) is 1. The molecule has 1 amide bonds. The highest BCUT2D eigenvalue weighted by Gasteiger charge is 2.30. The van der Waals surface area contributed by atoms with Gasteiger partial charge in [0.1, 0.15) is 5.60 Å². The van der Waals surface area contributed by atoms with Crippen LogP contribution in [0, 0.1) is 0 Å². The quantitative estimate of drug-likeness (QED) is 0.800. The lowest BCUT2D eigenvalue weighted by Gasteiger charge is -2.25. The average molecular weight is 331 g/mol. The van der Waals surface area contributed by atoms with Gasteiger partial charge in [-0.2, -0.15) is 0 Å². The fraction of sp³-hybridized carbons (Fsp3) is 0.333. The highest BCUT2D eigenvalue weighted by Crippen LogP contribution is 2.23. The number of alkyl carbamates (subject to hydrolysis) is 1. The summed E-state index contributed by atoms with van der Waals surface area (Å²) in [6, 6.07) is 11.6. The fourth-order valence-electron chi connectivity index (χ4n) is 2.32. The monoisotopic (exact) mass is 331 g/mol. The van der Waals surface area contributed by atoms with Gasteiger partial charge in [0.05, 0.1) is 6.04 Å². The van der Waals surface area contributed by atoms with Crippen molar-refractivity contribution in [2.75, 3.05) is 0 Å². The second-order valence-corrected chi connectivity index (χ2v) is 6.51. The van der Waals surface area contributed by atoms with Gasteiger partial charge in [-0.15, -0.1) is 0 Å². The molecule has 6 nitrogen and oxygen atoms in total. The van der Waals surface area contributed by atoms with Crippen molar-refractivity contribution in [2.45, 2.75) is 38.5 Å². The molecule has 0 fully saturated rings. The number of hydrogen-bond acceptors (Lipinski definition) is 4. The van der Waals surface area contributed by atoms with Gasteiger partial charge in [-0.05, 0) is 43.2 Å². The average Bonchev–Trinajstić information content (AvgIpc) is 2.49. The lowest BCUT2D eigenvalue weighted by Crippen LogP contribution is -2.42. The maximum absolute atomic E-state index is 12.0. The van der Waals surface area contributed by atoms with E-state index in [1.54, 1.807) is 32.9 Å². The van der Waals surface area contributed by atoms with Crippen molar-refractivity contribution in [3.63, 3.8) is 0 Å². The molecule has 0 aromatic heterocycles. The van der Waals surface area contributed by atoms with Crippen LogP contribution in [0.1, 0.15) is 32.4 Å². The van der Waals surface area contributed by atoms with E-state index < -0.39 is 29.8 Å². The normalized spacial score (nSPS) is 14.0. The first-order valence-corrected chi connectivity index (χ1v) is 7.56. The molecule has 24 heavy (non-hydrogen) atoms. The molecule has 0 aliphatic carbocycles. The van der Waals surface area contributed by atoms with E-state index in [1.807, 2.05) is 30.3 Å². The maximum atomic E-state index is 12.0. The van der Waals surface area contributed by atoms with Crippen molar-refractivity contribution in [1.29, 1.82) is 0 Å². The number of ether oxygens (including phenoxy) is 1. The van der Waals surface area contributed by atoms with E-state index in [1.165, 1.54) is 0 Å². The molecule has 0 saturated carbocycles. The number of aliphatic hydroxyl groups is 1. The molecule has 0 bridgehead atoms. The molecule has 2 aromatic carbocycles. The molecule has 2 rings (SSSR count). The van der Waals surface area contributed by atoms with Crippen LogP contribution in [0.15, 0.2) is 42.5 Å². The molecule has 0 radical (unpaired) electrons. The third kappa shape index (κ3) is 4.45. The van der Waals surface area contributed by atoms with E-state index in [-0.39, 0.29) is 0 Å². The predicted octanol–water partition coefficient (Wildman–Crippen LogP) is 2.85. The number of amides is 1. The van der Waals surface area contributed by atoms with E-state index in [4.69, 9.17) is 9.84 Å². The summed E-state index contributed by atoms with van der Waals surface area (Å²) in [4.78, 5) is 23.2. The van der Waals surface area contributed by atoms with Crippen molar-refractivity contribution in [3.05, 3.63) is 48.0 Å². The Kier molecular flexibility index (Phi) is 5.09. The Balaban J connectivity index is 2.34. The molecule has 0 spiro atoms. The third-order valence-electron chi connectivity index (χ3n) is 3.37. The van der Waals surface area contributed by atoms with E-state index >= 15 is 0 Å². The number of fused-ring (bicyclic) bond motifs is 1. The molecule has 0 saturated heterocycles. The largest absolute Gasteiger partial charge is 0.479 e. The van der Waals surface area contributed by atoms with Crippen LogP contribution in [0.3, 0.4) is 0 Å². The number of rotatable bonds is 4. The van der Waals surface area contributed by atoms with Gasteiger partial charge in [0.15, 0.2) is 6.10 Å². The van der Waals surface area contributed by atoms with E-state index in [2.05, 4.69) is 5.32 Å². The smallest absolute Gasteiger partial charge is 0.408 e. The van der Waals surface area contributed by atoms with Crippen molar-refractivity contribution in [3.8, 4) is 0 Å². The minimum Gasteiger partial charge on any atom is -0.479 e. The number of carbonyl (C=O) groups excluding carboxylic acids is 1. The summed E-state index contributed by atoms with van der Waals surface area (Å²) in [6.07, 6.45) is -2.58. The fourth-order valence-corrected chi connectivity index (χ4v) is 2.32.